The number of para-hydroxylation sites is 1. The number of likely N-dealkylation sites (tertiary alicyclic amines) is 1. The lowest BCUT2D eigenvalue weighted by atomic mass is 9.99. The lowest BCUT2D eigenvalue weighted by Crippen LogP contribution is -2.30. The molecule has 0 saturated carbocycles. The normalized spacial score (nSPS) is 19.7. The maximum Gasteiger partial charge on any atom is 0.308 e. The molecule has 2 aromatic rings. The van der Waals surface area contributed by atoms with Crippen molar-refractivity contribution < 1.29 is 23.1 Å². The van der Waals surface area contributed by atoms with E-state index in [0.717, 1.165) is 0 Å². The van der Waals surface area contributed by atoms with Crippen LogP contribution in [0.4, 0.5) is 5.69 Å². The predicted molar refractivity (Wildman–Crippen MR) is 99.9 cm³/mol. The van der Waals surface area contributed by atoms with Gasteiger partial charge in [-0.15, -0.1) is 0 Å². The van der Waals surface area contributed by atoms with Crippen LogP contribution in [0.1, 0.15) is 17.3 Å². The third kappa shape index (κ3) is 4.11. The van der Waals surface area contributed by atoms with E-state index < -0.39 is 21.9 Å². The summed E-state index contributed by atoms with van der Waals surface area (Å²) in [6.07, 6.45) is 0. The summed E-state index contributed by atoms with van der Waals surface area (Å²) in [6, 6.07) is 14.1. The number of benzene rings is 2. The molecule has 2 N–H and O–H groups in total. The van der Waals surface area contributed by atoms with E-state index in [1.54, 1.807) is 37.3 Å². The summed E-state index contributed by atoms with van der Waals surface area (Å²) in [5.74, 6) is -1.92. The van der Waals surface area contributed by atoms with E-state index >= 15 is 0 Å². The number of carboxylic acids is 1. The largest absolute Gasteiger partial charge is 0.481 e. The van der Waals surface area contributed by atoms with Crippen molar-refractivity contribution in [1.29, 1.82) is 0 Å². The molecule has 142 valence electrons. The Morgan fingerprint density at radius 2 is 1.67 bits per heavy atom. The van der Waals surface area contributed by atoms with Crippen LogP contribution in [0.5, 0.6) is 0 Å². The molecule has 0 radical (unpaired) electrons. The minimum absolute atomic E-state index is 0.0427. The molecule has 27 heavy (non-hydrogen) atoms. The van der Waals surface area contributed by atoms with Gasteiger partial charge >= 0.3 is 5.97 Å². The van der Waals surface area contributed by atoms with Crippen molar-refractivity contribution in [1.82, 2.24) is 4.90 Å². The molecule has 8 heteroatoms. The highest BCUT2D eigenvalue weighted by molar-refractivity contribution is 7.92. The summed E-state index contributed by atoms with van der Waals surface area (Å²) in [5.41, 5.74) is 0.773. The van der Waals surface area contributed by atoms with Crippen molar-refractivity contribution in [3.05, 3.63) is 60.2 Å². The van der Waals surface area contributed by atoms with E-state index in [-0.39, 0.29) is 23.3 Å². The van der Waals surface area contributed by atoms with Gasteiger partial charge < -0.3 is 10.0 Å². The van der Waals surface area contributed by atoms with Crippen molar-refractivity contribution in [2.75, 3.05) is 17.8 Å². The second kappa shape index (κ2) is 7.40. The lowest BCUT2D eigenvalue weighted by molar-refractivity contribution is -0.142. The Morgan fingerprint density at radius 3 is 2.22 bits per heavy atom. The molecule has 1 amide bonds. The summed E-state index contributed by atoms with van der Waals surface area (Å²) < 4.78 is 27.3. The zero-order valence-electron chi connectivity index (χ0n) is 14.7. The van der Waals surface area contributed by atoms with Crippen molar-refractivity contribution in [2.24, 2.45) is 11.8 Å². The van der Waals surface area contributed by atoms with Gasteiger partial charge in [0.05, 0.1) is 10.8 Å². The highest BCUT2D eigenvalue weighted by atomic mass is 32.2. The molecule has 0 aromatic heterocycles. The van der Waals surface area contributed by atoms with Gasteiger partial charge in [0.15, 0.2) is 0 Å². The minimum Gasteiger partial charge on any atom is -0.481 e. The molecule has 1 heterocycles. The molecule has 1 fully saturated rings. The molecule has 2 atom stereocenters. The standard InChI is InChI=1S/C19H20N2O5S/c1-13-11-21(12-17(13)19(23)24)18(22)14-7-9-16(10-8-14)27(25,26)20-15-5-3-2-4-6-15/h2-10,13,17,20H,11-12H2,1H3,(H,23,24)/t13-,17-/m1/s1. The number of anilines is 1. The average molecular weight is 388 g/mol. The second-order valence-electron chi connectivity index (χ2n) is 6.63. The third-order valence-corrected chi connectivity index (χ3v) is 6.05. The number of nitrogens with zero attached hydrogens (tertiary/aromatic N) is 1. The summed E-state index contributed by atoms with van der Waals surface area (Å²) in [7, 11) is -3.76. The van der Waals surface area contributed by atoms with Crippen LogP contribution in [0.15, 0.2) is 59.5 Å². The molecule has 1 aliphatic heterocycles. The van der Waals surface area contributed by atoms with Crippen LogP contribution in [-0.4, -0.2) is 43.4 Å². The Balaban J connectivity index is 1.73. The smallest absolute Gasteiger partial charge is 0.308 e. The van der Waals surface area contributed by atoms with Gasteiger partial charge in [-0.2, -0.15) is 0 Å². The van der Waals surface area contributed by atoms with Gasteiger partial charge in [0, 0.05) is 24.3 Å². The number of amides is 1. The van der Waals surface area contributed by atoms with Crippen LogP contribution in [-0.2, 0) is 14.8 Å². The predicted octanol–water partition coefficient (Wildman–Crippen LogP) is 2.28. The molecule has 0 aliphatic carbocycles. The second-order valence-corrected chi connectivity index (χ2v) is 8.31. The average Bonchev–Trinajstić information content (AvgIpc) is 3.04. The van der Waals surface area contributed by atoms with Gasteiger partial charge in [-0.05, 0) is 42.3 Å². The number of nitrogens with one attached hydrogen (secondary N) is 1. The van der Waals surface area contributed by atoms with Gasteiger partial charge in [-0.1, -0.05) is 25.1 Å². The topological polar surface area (TPSA) is 104 Å². The quantitative estimate of drug-likeness (QED) is 0.818. The summed E-state index contributed by atoms with van der Waals surface area (Å²) in [6.45, 7) is 2.33. The Labute approximate surface area is 157 Å². The van der Waals surface area contributed by atoms with Crippen molar-refractivity contribution >= 4 is 27.6 Å². The number of carbonyl (C=O) groups excluding carboxylic acids is 1. The fourth-order valence-corrected chi connectivity index (χ4v) is 4.19. The number of aliphatic carboxylic acids is 1. The Morgan fingerprint density at radius 1 is 1.04 bits per heavy atom. The molecule has 0 unspecified atom stereocenters. The highest BCUT2D eigenvalue weighted by Crippen LogP contribution is 2.25. The van der Waals surface area contributed by atoms with E-state index in [0.29, 0.717) is 17.8 Å². The molecule has 2 aromatic carbocycles. The van der Waals surface area contributed by atoms with E-state index in [1.807, 2.05) is 0 Å². The summed E-state index contributed by atoms with van der Waals surface area (Å²) in [5, 5.41) is 9.19. The molecule has 0 bridgehead atoms. The lowest BCUT2D eigenvalue weighted by Gasteiger charge is -2.16. The molecule has 1 aliphatic rings. The number of carbonyl (C=O) groups is 2. The fourth-order valence-electron chi connectivity index (χ4n) is 3.13. The first-order chi connectivity index (χ1) is 12.8. The number of hydrogen-bond acceptors (Lipinski definition) is 4. The number of sulfonamides is 1. The van der Waals surface area contributed by atoms with Crippen LogP contribution in [0.25, 0.3) is 0 Å². The van der Waals surface area contributed by atoms with Crippen molar-refractivity contribution in [2.45, 2.75) is 11.8 Å². The molecule has 1 saturated heterocycles. The van der Waals surface area contributed by atoms with Crippen LogP contribution in [0.2, 0.25) is 0 Å². The molecule has 7 nitrogen and oxygen atoms in total. The maximum absolute atomic E-state index is 12.6. The number of hydrogen-bond donors (Lipinski definition) is 2. The van der Waals surface area contributed by atoms with E-state index in [2.05, 4.69) is 4.72 Å². The molecular weight excluding hydrogens is 368 g/mol. The van der Waals surface area contributed by atoms with Gasteiger partial charge in [-0.3, -0.25) is 14.3 Å². The van der Waals surface area contributed by atoms with E-state index in [1.165, 1.54) is 29.2 Å². The Bertz CT molecular complexity index is 942. The van der Waals surface area contributed by atoms with Gasteiger partial charge in [0.25, 0.3) is 15.9 Å². The number of carboxylic acid groups (broad SMARTS) is 1. The van der Waals surface area contributed by atoms with Crippen LogP contribution < -0.4 is 4.72 Å². The van der Waals surface area contributed by atoms with Crippen LogP contribution in [0, 0.1) is 11.8 Å². The molecule has 0 spiro atoms. The van der Waals surface area contributed by atoms with Gasteiger partial charge in [-0.25, -0.2) is 8.42 Å². The van der Waals surface area contributed by atoms with E-state index in [4.69, 9.17) is 0 Å². The Hall–Kier alpha value is -2.87. The molecule has 3 rings (SSSR count). The minimum atomic E-state index is -3.76. The maximum atomic E-state index is 12.6. The highest BCUT2D eigenvalue weighted by Gasteiger charge is 2.37. The van der Waals surface area contributed by atoms with Gasteiger partial charge in [0.1, 0.15) is 0 Å². The van der Waals surface area contributed by atoms with Crippen LogP contribution in [0.3, 0.4) is 0 Å². The Kier molecular flexibility index (Phi) is 5.18. The zero-order chi connectivity index (χ0) is 19.6. The zero-order valence-corrected chi connectivity index (χ0v) is 15.5. The molecular formula is C19H20N2O5S. The first kappa shape index (κ1) is 18.9. The monoisotopic (exact) mass is 388 g/mol. The van der Waals surface area contributed by atoms with Crippen molar-refractivity contribution in [3.8, 4) is 0 Å². The summed E-state index contributed by atoms with van der Waals surface area (Å²) >= 11 is 0. The first-order valence-electron chi connectivity index (χ1n) is 8.48. The van der Waals surface area contributed by atoms with E-state index in [9.17, 15) is 23.1 Å². The van der Waals surface area contributed by atoms with Crippen LogP contribution >= 0.6 is 0 Å². The third-order valence-electron chi connectivity index (χ3n) is 4.65. The fraction of sp³-hybridized carbons (Fsp3) is 0.263. The first-order valence-corrected chi connectivity index (χ1v) is 9.96. The van der Waals surface area contributed by atoms with Gasteiger partial charge in [0.2, 0.25) is 0 Å². The SMILES string of the molecule is C[C@@H]1CN(C(=O)c2ccc(S(=O)(=O)Nc3ccccc3)cc2)C[C@H]1C(=O)O. The summed E-state index contributed by atoms with van der Waals surface area (Å²) in [4.78, 5) is 25.3. The number of rotatable bonds is 5. The van der Waals surface area contributed by atoms with Crippen molar-refractivity contribution in [3.63, 3.8) is 0 Å².